The predicted molar refractivity (Wildman–Crippen MR) is 137 cm³/mol. The van der Waals surface area contributed by atoms with Crippen molar-refractivity contribution < 1.29 is 84.9 Å². The zero-order valence-corrected chi connectivity index (χ0v) is 24.2. The second-order valence-corrected chi connectivity index (χ2v) is 10.5. The molecule has 0 aromatic heterocycles. The van der Waals surface area contributed by atoms with Crippen LogP contribution in [0.25, 0.3) is 0 Å². The highest BCUT2D eigenvalue weighted by Crippen LogP contribution is 2.59. The van der Waals surface area contributed by atoms with Crippen molar-refractivity contribution in [2.45, 2.75) is 26.4 Å². The first-order chi connectivity index (χ1) is 22.4. The van der Waals surface area contributed by atoms with Crippen molar-refractivity contribution in [3.63, 3.8) is 0 Å². The van der Waals surface area contributed by atoms with Crippen LogP contribution < -0.4 is 4.48 Å². The highest BCUT2D eigenvalue weighted by atomic mass is 19.2. The number of hydrogen-bond acceptors (Lipinski definition) is 3. The predicted octanol–water partition coefficient (Wildman–Crippen LogP) is 8.99. The Kier molecular flexibility index (Phi) is 11.1. The second-order valence-electron chi connectivity index (χ2n) is 10.5. The standard InChI is InChI=1S/C24H4F16N.C4H11BO3/c25-5-1-9(29)21(17(37)13(5)33)41(22-10(30)2-6(26)14(34)18(22)38,23-11(31)3-7(27)15(35)19(23)39)24-12(32)4-8(28)16(36)20(24)40;1-4(2,3)8-5(6)7/h1-4H;6-7H,1-3H3/q+1;. The van der Waals surface area contributed by atoms with Gasteiger partial charge in [0.15, 0.2) is 46.5 Å². The molecule has 0 amide bonds. The molecule has 264 valence electrons. The topological polar surface area (TPSA) is 49.7 Å². The van der Waals surface area contributed by atoms with Gasteiger partial charge >= 0.3 is 7.32 Å². The molecule has 4 aromatic rings. The number of halogens is 16. The average Bonchev–Trinajstić information content (AvgIpc) is 2.95. The molecule has 4 rings (SSSR count). The van der Waals surface area contributed by atoms with Crippen molar-refractivity contribution >= 4 is 30.1 Å². The van der Waals surface area contributed by atoms with E-state index in [2.05, 4.69) is 4.65 Å². The fourth-order valence-electron chi connectivity index (χ4n) is 4.44. The first kappa shape index (κ1) is 39.1. The smallest absolute Gasteiger partial charge is 0.402 e. The molecule has 0 bridgehead atoms. The lowest BCUT2D eigenvalue weighted by molar-refractivity contribution is 0.0651. The normalized spacial score (nSPS) is 11.9. The Morgan fingerprint density at radius 2 is 0.612 bits per heavy atom. The molecular formula is C28H15BF16NO3+. The van der Waals surface area contributed by atoms with E-state index < -0.39 is 157 Å². The maximum atomic E-state index is 15.3. The van der Waals surface area contributed by atoms with Gasteiger partial charge in [-0.1, -0.05) is 0 Å². The van der Waals surface area contributed by atoms with Crippen LogP contribution in [0.15, 0.2) is 24.3 Å². The first-order valence-electron chi connectivity index (χ1n) is 12.7. The van der Waals surface area contributed by atoms with Gasteiger partial charge in [-0.3, -0.25) is 0 Å². The van der Waals surface area contributed by atoms with Gasteiger partial charge < -0.3 is 14.7 Å². The number of nitrogens with zero attached hydrogens (tertiary/aromatic N) is 1. The van der Waals surface area contributed by atoms with E-state index in [4.69, 9.17) is 10.0 Å². The van der Waals surface area contributed by atoms with Crippen molar-refractivity contribution in [3.8, 4) is 0 Å². The van der Waals surface area contributed by atoms with Crippen LogP contribution in [0.4, 0.5) is 93.0 Å². The minimum Gasteiger partial charge on any atom is -0.402 e. The van der Waals surface area contributed by atoms with Crippen molar-refractivity contribution in [1.29, 1.82) is 0 Å². The summed E-state index contributed by atoms with van der Waals surface area (Å²) in [5, 5.41) is 16.4. The number of rotatable bonds is 5. The van der Waals surface area contributed by atoms with E-state index in [1.807, 2.05) is 0 Å². The molecule has 49 heavy (non-hydrogen) atoms. The van der Waals surface area contributed by atoms with Crippen LogP contribution in [0.3, 0.4) is 0 Å². The maximum Gasteiger partial charge on any atom is 0.634 e. The summed E-state index contributed by atoms with van der Waals surface area (Å²) in [7, 11) is -1.66. The molecule has 0 unspecified atom stereocenters. The average molecular weight is 728 g/mol. The molecule has 0 aliphatic heterocycles. The summed E-state index contributed by atoms with van der Waals surface area (Å²) < 4.78 is 236. The highest BCUT2D eigenvalue weighted by molar-refractivity contribution is 6.32. The molecule has 0 spiro atoms. The number of quaternary nitrogens is 1. The molecule has 2 N–H and O–H groups in total. The molecule has 0 saturated carbocycles. The molecular weight excluding hydrogens is 713 g/mol. The highest BCUT2D eigenvalue weighted by Gasteiger charge is 2.57. The second kappa shape index (κ2) is 13.9. The lowest BCUT2D eigenvalue weighted by atomic mass is 10.0. The largest absolute Gasteiger partial charge is 0.634 e. The van der Waals surface area contributed by atoms with Gasteiger partial charge in [0.2, 0.25) is 69.3 Å². The summed E-state index contributed by atoms with van der Waals surface area (Å²) in [5.41, 5.74) is -11.9. The van der Waals surface area contributed by atoms with Crippen LogP contribution in [0, 0.1) is 93.1 Å². The molecule has 0 atom stereocenters. The Bertz CT molecular complexity index is 1690. The van der Waals surface area contributed by atoms with Gasteiger partial charge in [-0.25, -0.2) is 52.7 Å². The summed E-state index contributed by atoms with van der Waals surface area (Å²) in [4.78, 5) is 0. The Hall–Kier alpha value is -4.34. The van der Waals surface area contributed by atoms with Crippen molar-refractivity contribution in [1.82, 2.24) is 4.48 Å². The van der Waals surface area contributed by atoms with Crippen molar-refractivity contribution in [3.05, 3.63) is 117 Å². The van der Waals surface area contributed by atoms with Crippen LogP contribution in [0.1, 0.15) is 20.8 Å². The molecule has 4 aromatic carbocycles. The first-order valence-corrected chi connectivity index (χ1v) is 12.7. The third-order valence-electron chi connectivity index (χ3n) is 6.16. The van der Waals surface area contributed by atoms with Crippen LogP contribution in [-0.4, -0.2) is 23.0 Å². The van der Waals surface area contributed by atoms with Crippen LogP contribution in [-0.2, 0) is 4.65 Å². The van der Waals surface area contributed by atoms with Crippen molar-refractivity contribution in [2.24, 2.45) is 0 Å². The van der Waals surface area contributed by atoms with Gasteiger partial charge in [-0.2, -0.15) is 22.0 Å². The lowest BCUT2D eigenvalue weighted by Crippen LogP contribution is -2.41. The fraction of sp³-hybridized carbons (Fsp3) is 0.143. The van der Waals surface area contributed by atoms with E-state index in [0.29, 0.717) is 0 Å². The van der Waals surface area contributed by atoms with Gasteiger partial charge in [0.25, 0.3) is 0 Å². The Morgan fingerprint density at radius 3 is 0.755 bits per heavy atom. The summed E-state index contributed by atoms with van der Waals surface area (Å²) in [6, 6.07) is -3.05. The zero-order chi connectivity index (χ0) is 37.7. The summed E-state index contributed by atoms with van der Waals surface area (Å²) >= 11 is 0. The Labute approximate surface area is 263 Å². The molecule has 4 nitrogen and oxygen atoms in total. The minimum atomic E-state index is -4.02. The van der Waals surface area contributed by atoms with Gasteiger partial charge in [-0.05, 0) is 20.8 Å². The maximum absolute atomic E-state index is 15.3. The van der Waals surface area contributed by atoms with Crippen LogP contribution in [0.5, 0.6) is 0 Å². The molecule has 0 heterocycles. The van der Waals surface area contributed by atoms with E-state index in [-0.39, 0.29) is 0 Å². The van der Waals surface area contributed by atoms with Gasteiger partial charge in [-0.15, -0.1) is 0 Å². The minimum absolute atomic E-state index is 0.478. The van der Waals surface area contributed by atoms with Crippen LogP contribution in [0.2, 0.25) is 0 Å². The molecule has 21 heteroatoms. The quantitative estimate of drug-likeness (QED) is 0.0710. The summed E-state index contributed by atoms with van der Waals surface area (Å²) in [5.74, 6) is -45.7. The van der Waals surface area contributed by atoms with Crippen molar-refractivity contribution in [2.75, 3.05) is 0 Å². The van der Waals surface area contributed by atoms with E-state index in [1.54, 1.807) is 20.8 Å². The third kappa shape index (κ3) is 6.92. The van der Waals surface area contributed by atoms with Crippen LogP contribution >= 0.6 is 0 Å². The Morgan fingerprint density at radius 1 is 0.408 bits per heavy atom. The number of benzene rings is 4. The van der Waals surface area contributed by atoms with E-state index in [9.17, 15) is 35.1 Å². The zero-order valence-electron chi connectivity index (χ0n) is 24.2. The molecule has 0 saturated heterocycles. The molecule has 0 aliphatic carbocycles. The monoisotopic (exact) mass is 728 g/mol. The molecule has 0 radical (unpaired) electrons. The van der Waals surface area contributed by atoms with Gasteiger partial charge in [0.1, 0.15) is 0 Å². The third-order valence-corrected chi connectivity index (χ3v) is 6.16. The lowest BCUT2D eigenvalue weighted by Gasteiger charge is -2.37. The summed E-state index contributed by atoms with van der Waals surface area (Å²) in [6.45, 7) is 5.23. The molecule has 0 aliphatic rings. The summed E-state index contributed by atoms with van der Waals surface area (Å²) in [6.07, 6.45) is 0. The Balaban J connectivity index is 0.000000723. The molecule has 0 fully saturated rings. The van der Waals surface area contributed by atoms with E-state index in [1.165, 1.54) is 0 Å². The SMILES string of the molecule is CC(C)(C)OB(O)O.Fc1cc(F)c([N+](c2c(F)cc(F)c(F)c2F)(c2c(F)cc(F)c(F)c2F)c2c(F)cc(F)c(F)c2F)c(F)c1F. The number of hydrogen-bond donors (Lipinski definition) is 2. The fourth-order valence-corrected chi connectivity index (χ4v) is 4.44. The van der Waals surface area contributed by atoms with Gasteiger partial charge in [0.05, 0.1) is 0 Å². The van der Waals surface area contributed by atoms with E-state index >= 15 is 35.1 Å². The van der Waals surface area contributed by atoms with E-state index in [0.717, 1.165) is 0 Å². The van der Waals surface area contributed by atoms with Gasteiger partial charge in [0, 0.05) is 29.9 Å².